The number of halogens is 1. The number of hydrogen-bond donors (Lipinski definition) is 1. The second-order valence-electron chi connectivity index (χ2n) is 8.07. The lowest BCUT2D eigenvalue weighted by Gasteiger charge is -2.17. The van der Waals surface area contributed by atoms with Gasteiger partial charge >= 0.3 is 0 Å². The van der Waals surface area contributed by atoms with Crippen molar-refractivity contribution in [3.05, 3.63) is 52.0 Å². The average molecular weight is 479 g/mol. The first-order chi connectivity index (χ1) is 15.3. The molecule has 2 heterocycles. The molecule has 0 bridgehead atoms. The van der Waals surface area contributed by atoms with Crippen LogP contribution in [0.25, 0.3) is 0 Å². The minimum absolute atomic E-state index is 0.0730. The summed E-state index contributed by atoms with van der Waals surface area (Å²) in [7, 11) is -3.65. The van der Waals surface area contributed by atoms with E-state index in [-0.39, 0.29) is 28.1 Å². The van der Waals surface area contributed by atoms with Crippen LogP contribution in [-0.4, -0.2) is 44.4 Å². The summed E-state index contributed by atoms with van der Waals surface area (Å²) in [4.78, 5) is 13.0. The van der Waals surface area contributed by atoms with Gasteiger partial charge in [-0.1, -0.05) is 11.6 Å². The van der Waals surface area contributed by atoms with Crippen molar-refractivity contribution < 1.29 is 22.7 Å². The molecule has 1 N–H and O–H groups in total. The zero-order valence-electron chi connectivity index (χ0n) is 18.2. The summed E-state index contributed by atoms with van der Waals surface area (Å²) < 4.78 is 38.8. The van der Waals surface area contributed by atoms with Crippen molar-refractivity contribution in [3.63, 3.8) is 0 Å². The van der Waals surface area contributed by atoms with Gasteiger partial charge in [0.25, 0.3) is 5.91 Å². The summed E-state index contributed by atoms with van der Waals surface area (Å²) in [5, 5.41) is 3.03. The van der Waals surface area contributed by atoms with Crippen molar-refractivity contribution in [3.8, 4) is 11.5 Å². The van der Waals surface area contributed by atoms with Gasteiger partial charge in [-0.25, -0.2) is 8.42 Å². The highest BCUT2D eigenvalue weighted by Gasteiger charge is 2.28. The van der Waals surface area contributed by atoms with E-state index >= 15 is 0 Å². The number of sulfonamides is 1. The number of hydrogen-bond acceptors (Lipinski definition) is 5. The van der Waals surface area contributed by atoms with Crippen LogP contribution in [0.4, 0.5) is 0 Å². The molecule has 1 saturated heterocycles. The van der Waals surface area contributed by atoms with Gasteiger partial charge in [-0.3, -0.25) is 4.79 Å². The number of carbonyl (C=O) groups is 1. The normalized spacial score (nSPS) is 18.3. The summed E-state index contributed by atoms with van der Waals surface area (Å²) in [6.07, 6.45) is 2.59. The summed E-state index contributed by atoms with van der Waals surface area (Å²) >= 11 is 6.24. The van der Waals surface area contributed by atoms with Gasteiger partial charge in [0.15, 0.2) is 0 Å². The van der Waals surface area contributed by atoms with E-state index < -0.39 is 15.9 Å². The lowest BCUT2D eigenvalue weighted by Crippen LogP contribution is -2.28. The molecule has 0 aliphatic carbocycles. The van der Waals surface area contributed by atoms with Crippen LogP contribution >= 0.6 is 11.6 Å². The van der Waals surface area contributed by atoms with Crippen LogP contribution in [0.2, 0.25) is 5.02 Å². The molecule has 1 fully saturated rings. The number of amides is 1. The quantitative estimate of drug-likeness (QED) is 0.654. The van der Waals surface area contributed by atoms with Crippen molar-refractivity contribution in [2.75, 3.05) is 19.7 Å². The summed E-state index contributed by atoms with van der Waals surface area (Å²) in [5.41, 5.74) is 1.99. The van der Waals surface area contributed by atoms with Crippen LogP contribution in [0.15, 0.2) is 35.2 Å². The predicted molar refractivity (Wildman–Crippen MR) is 122 cm³/mol. The highest BCUT2D eigenvalue weighted by atomic mass is 35.5. The van der Waals surface area contributed by atoms with Crippen molar-refractivity contribution in [1.82, 2.24) is 9.62 Å². The summed E-state index contributed by atoms with van der Waals surface area (Å²) in [5.74, 6) is 1.04. The van der Waals surface area contributed by atoms with E-state index in [1.54, 1.807) is 0 Å². The van der Waals surface area contributed by atoms with Gasteiger partial charge in [0.1, 0.15) is 17.6 Å². The minimum Gasteiger partial charge on any atom is -0.494 e. The first kappa shape index (κ1) is 22.9. The Labute approximate surface area is 193 Å². The number of nitrogens with one attached hydrogen (secondary N) is 1. The van der Waals surface area contributed by atoms with Crippen molar-refractivity contribution in [2.45, 2.75) is 50.7 Å². The molecule has 0 saturated carbocycles. The van der Waals surface area contributed by atoms with Crippen LogP contribution in [0.3, 0.4) is 0 Å². The molecule has 1 amide bonds. The van der Waals surface area contributed by atoms with Gasteiger partial charge in [0.2, 0.25) is 10.0 Å². The van der Waals surface area contributed by atoms with E-state index in [0.29, 0.717) is 25.4 Å². The third-order valence-corrected chi connectivity index (χ3v) is 7.93. The van der Waals surface area contributed by atoms with Gasteiger partial charge in [0, 0.05) is 37.2 Å². The second kappa shape index (κ2) is 9.29. The number of carbonyl (C=O) groups excluding carboxylic acids is 1. The molecule has 172 valence electrons. The molecule has 0 aromatic heterocycles. The highest BCUT2D eigenvalue weighted by molar-refractivity contribution is 7.89. The van der Waals surface area contributed by atoms with E-state index in [0.717, 1.165) is 36.1 Å². The Bertz CT molecular complexity index is 1130. The fourth-order valence-electron chi connectivity index (χ4n) is 4.10. The van der Waals surface area contributed by atoms with Gasteiger partial charge in [-0.05, 0) is 57.0 Å². The maximum atomic E-state index is 12.9. The van der Waals surface area contributed by atoms with Crippen molar-refractivity contribution in [1.29, 1.82) is 0 Å². The Balaban J connectivity index is 1.54. The second-order valence-corrected chi connectivity index (χ2v) is 10.4. The van der Waals surface area contributed by atoms with Gasteiger partial charge in [-0.15, -0.1) is 0 Å². The molecular formula is C23H27ClN2O5S. The Hall–Kier alpha value is -2.29. The first-order valence-electron chi connectivity index (χ1n) is 10.8. The van der Waals surface area contributed by atoms with E-state index in [4.69, 9.17) is 21.1 Å². The largest absolute Gasteiger partial charge is 0.494 e. The van der Waals surface area contributed by atoms with Crippen LogP contribution in [0.5, 0.6) is 11.5 Å². The molecule has 2 aromatic rings. The van der Waals surface area contributed by atoms with Crippen molar-refractivity contribution in [2.24, 2.45) is 0 Å². The lowest BCUT2D eigenvalue weighted by atomic mass is 10.1. The molecule has 2 aliphatic rings. The van der Waals surface area contributed by atoms with E-state index in [2.05, 4.69) is 5.32 Å². The average Bonchev–Trinajstić information content (AvgIpc) is 3.41. The fourth-order valence-corrected chi connectivity index (χ4v) is 5.84. The summed E-state index contributed by atoms with van der Waals surface area (Å²) in [6, 6.07) is 8.09. The molecule has 4 rings (SSSR count). The fraction of sp³-hybridized carbons (Fsp3) is 0.435. The SMILES string of the molecule is CCOc1cc2c(cc1CNC(=O)c1cc(S(=O)(=O)N3CCCC3)ccc1Cl)O[C@@H](C)C2. The first-order valence-corrected chi connectivity index (χ1v) is 12.6. The minimum atomic E-state index is -3.65. The highest BCUT2D eigenvalue weighted by Crippen LogP contribution is 2.35. The molecule has 0 spiro atoms. The molecule has 7 nitrogen and oxygen atoms in total. The van der Waals surface area contributed by atoms with E-state index in [1.165, 1.54) is 22.5 Å². The third kappa shape index (κ3) is 4.58. The number of nitrogens with zero attached hydrogens (tertiary/aromatic N) is 1. The third-order valence-electron chi connectivity index (χ3n) is 5.70. The van der Waals surface area contributed by atoms with Gasteiger partial charge in [-0.2, -0.15) is 4.31 Å². The number of ether oxygens (including phenoxy) is 2. The molecular weight excluding hydrogens is 452 g/mol. The van der Waals surface area contributed by atoms with Gasteiger partial charge < -0.3 is 14.8 Å². The van der Waals surface area contributed by atoms with E-state index in [9.17, 15) is 13.2 Å². The monoisotopic (exact) mass is 478 g/mol. The Kier molecular flexibility index (Phi) is 6.65. The zero-order valence-corrected chi connectivity index (χ0v) is 19.8. The predicted octanol–water partition coefficient (Wildman–Crippen LogP) is 3.78. The lowest BCUT2D eigenvalue weighted by molar-refractivity contribution is 0.0950. The molecule has 9 heteroatoms. The number of rotatable bonds is 7. The van der Waals surface area contributed by atoms with Crippen LogP contribution < -0.4 is 14.8 Å². The van der Waals surface area contributed by atoms with Gasteiger partial charge in [0.05, 0.1) is 22.1 Å². The standard InChI is InChI=1S/C23H27ClN2O5S/c1-3-30-21-11-16-10-15(2)31-22(16)12-17(21)14-25-23(27)19-13-18(6-7-20(19)24)32(28,29)26-8-4-5-9-26/h6-7,11-13,15H,3-5,8-10,14H2,1-2H3,(H,25,27)/t15-/m0/s1. The Morgan fingerprint density at radius 1 is 1.25 bits per heavy atom. The van der Waals surface area contributed by atoms with Crippen molar-refractivity contribution >= 4 is 27.5 Å². The maximum absolute atomic E-state index is 12.9. The molecule has 1 atom stereocenters. The molecule has 32 heavy (non-hydrogen) atoms. The Morgan fingerprint density at radius 2 is 2.00 bits per heavy atom. The maximum Gasteiger partial charge on any atom is 0.253 e. The number of fused-ring (bicyclic) bond motifs is 1. The van der Waals surface area contributed by atoms with Crippen LogP contribution in [-0.2, 0) is 23.0 Å². The smallest absolute Gasteiger partial charge is 0.253 e. The zero-order chi connectivity index (χ0) is 22.9. The Morgan fingerprint density at radius 3 is 2.72 bits per heavy atom. The topological polar surface area (TPSA) is 84.9 Å². The molecule has 2 aliphatic heterocycles. The number of benzene rings is 2. The summed E-state index contributed by atoms with van der Waals surface area (Å²) in [6.45, 7) is 5.59. The molecule has 0 radical (unpaired) electrons. The molecule has 0 unspecified atom stereocenters. The van der Waals surface area contributed by atoms with Crippen LogP contribution in [0, 0.1) is 0 Å². The van der Waals surface area contributed by atoms with Crippen LogP contribution in [0.1, 0.15) is 48.2 Å². The van der Waals surface area contributed by atoms with E-state index in [1.807, 2.05) is 26.0 Å². The molecule has 2 aromatic carbocycles.